The molecule has 0 spiro atoms. The van der Waals surface area contributed by atoms with E-state index in [4.69, 9.17) is 0 Å². The van der Waals surface area contributed by atoms with Gasteiger partial charge in [-0.3, -0.25) is 20.0 Å². The molecule has 1 amide bonds. The molecule has 0 saturated carbocycles. The molecular weight excluding hydrogens is 349 g/mol. The van der Waals surface area contributed by atoms with Crippen molar-refractivity contribution in [2.24, 2.45) is 7.05 Å². The van der Waals surface area contributed by atoms with Gasteiger partial charge < -0.3 is 4.57 Å². The number of carbonyl (C=O) groups excluding carboxylic acids is 1. The molecule has 2 N–H and O–H groups in total. The fraction of sp³-hybridized carbons (Fsp3) is 0.250. The van der Waals surface area contributed by atoms with Gasteiger partial charge in [-0.05, 0) is 12.5 Å². The molecule has 0 fully saturated rings. The largest absolute Gasteiger partial charge is 0.451 e. The number of aromatic amines is 1. The number of anilines is 1. The van der Waals surface area contributed by atoms with Crippen LogP contribution in [-0.4, -0.2) is 30.6 Å². The summed E-state index contributed by atoms with van der Waals surface area (Å²) in [6.45, 7) is 1.57. The van der Waals surface area contributed by atoms with E-state index in [1.54, 1.807) is 12.0 Å². The Labute approximate surface area is 135 Å². The van der Waals surface area contributed by atoms with E-state index in [-0.39, 0.29) is 10.4 Å². The van der Waals surface area contributed by atoms with Gasteiger partial charge in [0.25, 0.3) is 11.5 Å². The third-order valence-corrected chi connectivity index (χ3v) is 4.39. The highest BCUT2D eigenvalue weighted by Crippen LogP contribution is 2.28. The van der Waals surface area contributed by atoms with Crippen LogP contribution in [0.5, 0.6) is 0 Å². The summed E-state index contributed by atoms with van der Waals surface area (Å²) in [5, 5.41) is 7.46. The predicted octanol–water partition coefficient (Wildman–Crippen LogP) is 1.69. The number of aryl methyl sites for hydroxylation is 2. The minimum Gasteiger partial charge on any atom is -0.302 e. The molecule has 0 unspecified atom stereocenters. The van der Waals surface area contributed by atoms with Crippen LogP contribution in [0.4, 0.5) is 19.1 Å². The van der Waals surface area contributed by atoms with E-state index in [0.717, 1.165) is 11.3 Å². The fourth-order valence-corrected chi connectivity index (χ4v) is 3.06. The lowest BCUT2D eigenvalue weighted by Gasteiger charge is -2.00. The van der Waals surface area contributed by atoms with Crippen LogP contribution in [0.25, 0.3) is 10.2 Å². The average molecular weight is 358 g/mol. The Morgan fingerprint density at radius 2 is 2.12 bits per heavy atom. The number of hydrogen-bond acceptors (Lipinski definition) is 6. The molecule has 0 aromatic carbocycles. The van der Waals surface area contributed by atoms with Crippen LogP contribution in [-0.2, 0) is 13.2 Å². The van der Waals surface area contributed by atoms with Gasteiger partial charge in [-0.1, -0.05) is 0 Å². The first-order chi connectivity index (χ1) is 11.2. The second-order valence-corrected chi connectivity index (χ2v) is 5.86. The number of thiophene rings is 1. The summed E-state index contributed by atoms with van der Waals surface area (Å²) in [6.07, 6.45) is -3.37. The number of alkyl halides is 3. The summed E-state index contributed by atoms with van der Waals surface area (Å²) in [4.78, 5) is 32.1. The van der Waals surface area contributed by atoms with Crippen molar-refractivity contribution in [2.75, 3.05) is 5.32 Å². The van der Waals surface area contributed by atoms with Crippen molar-refractivity contribution < 1.29 is 18.0 Å². The van der Waals surface area contributed by atoms with E-state index in [9.17, 15) is 22.8 Å². The Bertz CT molecular complexity index is 1000. The van der Waals surface area contributed by atoms with Crippen LogP contribution in [0.2, 0.25) is 0 Å². The van der Waals surface area contributed by atoms with E-state index >= 15 is 0 Å². The zero-order valence-corrected chi connectivity index (χ0v) is 13.0. The Balaban J connectivity index is 1.95. The molecular formula is C12H9F3N6O2S. The van der Waals surface area contributed by atoms with E-state index < -0.39 is 23.9 Å². The van der Waals surface area contributed by atoms with Gasteiger partial charge in [0.05, 0.1) is 16.6 Å². The molecule has 3 rings (SSSR count). The van der Waals surface area contributed by atoms with E-state index in [0.29, 0.717) is 15.8 Å². The third kappa shape index (κ3) is 2.64. The summed E-state index contributed by atoms with van der Waals surface area (Å²) < 4.78 is 38.6. The first kappa shape index (κ1) is 16.1. The third-order valence-electron chi connectivity index (χ3n) is 3.20. The number of fused-ring (bicyclic) bond motifs is 1. The molecule has 3 aromatic heterocycles. The normalized spacial score (nSPS) is 11.9. The number of aromatic nitrogens is 5. The Hall–Kier alpha value is -2.76. The van der Waals surface area contributed by atoms with Gasteiger partial charge >= 0.3 is 6.18 Å². The van der Waals surface area contributed by atoms with E-state index in [1.807, 2.05) is 0 Å². The molecule has 24 heavy (non-hydrogen) atoms. The number of halogens is 3. The quantitative estimate of drug-likeness (QED) is 0.725. The van der Waals surface area contributed by atoms with Crippen molar-refractivity contribution >= 4 is 33.4 Å². The van der Waals surface area contributed by atoms with Gasteiger partial charge in [-0.15, -0.1) is 16.4 Å². The smallest absolute Gasteiger partial charge is 0.302 e. The van der Waals surface area contributed by atoms with E-state index in [1.165, 1.54) is 17.9 Å². The molecule has 12 heteroatoms. The van der Waals surface area contributed by atoms with Gasteiger partial charge in [-0.25, -0.2) is 4.98 Å². The summed E-state index contributed by atoms with van der Waals surface area (Å²) in [5.41, 5.74) is 0.0813. The molecule has 0 aliphatic heterocycles. The van der Waals surface area contributed by atoms with Gasteiger partial charge in [0.2, 0.25) is 11.8 Å². The van der Waals surface area contributed by atoms with Gasteiger partial charge in [0, 0.05) is 7.05 Å². The highest BCUT2D eigenvalue weighted by Gasteiger charge is 2.35. The van der Waals surface area contributed by atoms with Crippen LogP contribution in [0.15, 0.2) is 11.1 Å². The van der Waals surface area contributed by atoms with Gasteiger partial charge in [0.15, 0.2) is 0 Å². The molecule has 0 saturated heterocycles. The van der Waals surface area contributed by atoms with Crippen LogP contribution < -0.4 is 10.9 Å². The minimum atomic E-state index is -4.69. The predicted molar refractivity (Wildman–Crippen MR) is 78.9 cm³/mol. The van der Waals surface area contributed by atoms with Crippen molar-refractivity contribution in [3.05, 3.63) is 32.9 Å². The number of nitrogens with one attached hydrogen (secondary N) is 2. The highest BCUT2D eigenvalue weighted by atomic mass is 32.1. The standard InChI is InChI=1S/C12H9F3N6O2S/c1-4-5-8(16-3-21(2)9(5)23)24-6(4)7(22)17-11-18-10(19-20-11)12(13,14)15/h3H,1-2H3,(H2,17,18,19,20,22). The van der Waals surface area contributed by atoms with Gasteiger partial charge in [-0.2, -0.15) is 18.2 Å². The van der Waals surface area contributed by atoms with E-state index in [2.05, 4.69) is 20.4 Å². The molecule has 3 aromatic rings. The lowest BCUT2D eigenvalue weighted by atomic mass is 10.2. The van der Waals surface area contributed by atoms with Crippen molar-refractivity contribution in [1.29, 1.82) is 0 Å². The van der Waals surface area contributed by atoms with Crippen LogP contribution in [0.1, 0.15) is 21.1 Å². The number of rotatable bonds is 2. The molecule has 0 atom stereocenters. The monoisotopic (exact) mass is 358 g/mol. The summed E-state index contributed by atoms with van der Waals surface area (Å²) in [7, 11) is 1.53. The zero-order chi connectivity index (χ0) is 17.6. The summed E-state index contributed by atoms with van der Waals surface area (Å²) in [5.74, 6) is -2.54. The van der Waals surface area contributed by atoms with Crippen LogP contribution in [0, 0.1) is 6.92 Å². The van der Waals surface area contributed by atoms with Crippen molar-refractivity contribution in [2.45, 2.75) is 13.1 Å². The molecule has 0 radical (unpaired) electrons. The fourth-order valence-electron chi connectivity index (χ4n) is 2.03. The van der Waals surface area contributed by atoms with Crippen LogP contribution >= 0.6 is 11.3 Å². The zero-order valence-electron chi connectivity index (χ0n) is 12.2. The first-order valence-electron chi connectivity index (χ1n) is 6.44. The molecule has 0 aliphatic rings. The maximum Gasteiger partial charge on any atom is 0.451 e. The number of H-pyrrole nitrogens is 1. The first-order valence-corrected chi connectivity index (χ1v) is 7.26. The van der Waals surface area contributed by atoms with Crippen molar-refractivity contribution in [3.8, 4) is 0 Å². The SMILES string of the molecule is Cc1c(C(=O)Nc2n[nH]c(C(F)(F)F)n2)sc2ncn(C)c(=O)c12. The van der Waals surface area contributed by atoms with Crippen molar-refractivity contribution in [1.82, 2.24) is 24.7 Å². The Morgan fingerprint density at radius 1 is 1.42 bits per heavy atom. The summed E-state index contributed by atoms with van der Waals surface area (Å²) in [6, 6.07) is 0. The minimum absolute atomic E-state index is 0.152. The second kappa shape index (κ2) is 5.40. The topological polar surface area (TPSA) is 106 Å². The maximum atomic E-state index is 12.5. The lowest BCUT2D eigenvalue weighted by molar-refractivity contribution is -0.144. The molecule has 3 heterocycles. The molecule has 8 nitrogen and oxygen atoms in total. The lowest BCUT2D eigenvalue weighted by Crippen LogP contribution is -2.17. The maximum absolute atomic E-state index is 12.5. The van der Waals surface area contributed by atoms with Crippen LogP contribution in [0.3, 0.4) is 0 Å². The number of nitrogens with zero attached hydrogens (tertiary/aromatic N) is 4. The average Bonchev–Trinajstić information content (AvgIpc) is 3.08. The summed E-state index contributed by atoms with van der Waals surface area (Å²) >= 11 is 0.962. The molecule has 0 aliphatic carbocycles. The Morgan fingerprint density at radius 3 is 2.75 bits per heavy atom. The second-order valence-electron chi connectivity index (χ2n) is 4.86. The highest BCUT2D eigenvalue weighted by molar-refractivity contribution is 7.20. The number of hydrogen-bond donors (Lipinski definition) is 2. The number of amides is 1. The number of carbonyl (C=O) groups is 1. The Kier molecular flexibility index (Phi) is 3.63. The van der Waals surface area contributed by atoms with Gasteiger partial charge in [0.1, 0.15) is 4.83 Å². The van der Waals surface area contributed by atoms with Crippen molar-refractivity contribution in [3.63, 3.8) is 0 Å². The molecule has 126 valence electrons. The molecule has 0 bridgehead atoms.